The van der Waals surface area contributed by atoms with Crippen molar-refractivity contribution in [1.82, 2.24) is 10.0 Å². The van der Waals surface area contributed by atoms with Crippen molar-refractivity contribution in [1.29, 1.82) is 0 Å². The third-order valence-electron chi connectivity index (χ3n) is 4.01. The van der Waals surface area contributed by atoms with E-state index in [0.29, 0.717) is 5.75 Å². The summed E-state index contributed by atoms with van der Waals surface area (Å²) in [5.41, 5.74) is 0.221. The Kier molecular flexibility index (Phi) is 6.59. The third-order valence-corrected chi connectivity index (χ3v) is 5.47. The fraction of sp³-hybridized carbons (Fsp3) is 0.562. The van der Waals surface area contributed by atoms with Crippen molar-refractivity contribution in [3.8, 4) is 5.75 Å². The number of rotatable bonds is 8. The van der Waals surface area contributed by atoms with Crippen LogP contribution in [0.25, 0.3) is 0 Å². The van der Waals surface area contributed by atoms with Gasteiger partial charge in [-0.05, 0) is 31.0 Å². The molecule has 0 saturated heterocycles. The number of benzene rings is 1. The molecule has 1 saturated carbocycles. The number of amides is 1. The van der Waals surface area contributed by atoms with Crippen molar-refractivity contribution in [2.45, 2.75) is 36.6 Å². The first-order valence-corrected chi connectivity index (χ1v) is 9.43. The Morgan fingerprint density at radius 1 is 1.25 bits per heavy atom. The Morgan fingerprint density at radius 2 is 1.96 bits per heavy atom. The van der Waals surface area contributed by atoms with Gasteiger partial charge in [0, 0.05) is 19.7 Å². The summed E-state index contributed by atoms with van der Waals surface area (Å²) < 4.78 is 37.0. The van der Waals surface area contributed by atoms with E-state index in [0.717, 1.165) is 25.7 Å². The lowest BCUT2D eigenvalue weighted by Crippen LogP contribution is -2.33. The zero-order valence-electron chi connectivity index (χ0n) is 14.0. The highest BCUT2D eigenvalue weighted by atomic mass is 32.2. The van der Waals surface area contributed by atoms with Gasteiger partial charge in [0.2, 0.25) is 10.0 Å². The minimum Gasteiger partial charge on any atom is -0.496 e. The Bertz CT molecular complexity index is 669. The van der Waals surface area contributed by atoms with Crippen molar-refractivity contribution in [3.63, 3.8) is 0 Å². The summed E-state index contributed by atoms with van der Waals surface area (Å²) in [6, 6.07) is 4.40. The van der Waals surface area contributed by atoms with Crippen LogP contribution in [0.3, 0.4) is 0 Å². The van der Waals surface area contributed by atoms with Crippen molar-refractivity contribution in [3.05, 3.63) is 23.8 Å². The largest absolute Gasteiger partial charge is 0.496 e. The molecule has 0 spiro atoms. The van der Waals surface area contributed by atoms with E-state index in [-0.39, 0.29) is 35.6 Å². The second-order valence-corrected chi connectivity index (χ2v) is 7.47. The van der Waals surface area contributed by atoms with Crippen LogP contribution in [-0.2, 0) is 14.8 Å². The van der Waals surface area contributed by atoms with Gasteiger partial charge in [0.1, 0.15) is 5.75 Å². The molecule has 1 amide bonds. The van der Waals surface area contributed by atoms with Gasteiger partial charge in [-0.25, -0.2) is 13.1 Å². The summed E-state index contributed by atoms with van der Waals surface area (Å²) in [6.45, 7) is 0.429. The van der Waals surface area contributed by atoms with Crippen LogP contribution in [-0.4, -0.2) is 47.7 Å². The summed E-state index contributed by atoms with van der Waals surface area (Å²) in [4.78, 5) is 12.5. The van der Waals surface area contributed by atoms with Crippen LogP contribution in [0.1, 0.15) is 36.0 Å². The molecule has 1 aromatic rings. The molecule has 1 aromatic carbocycles. The maximum atomic E-state index is 12.5. The molecular formula is C16H24N2O5S. The molecule has 1 fully saturated rings. The van der Waals surface area contributed by atoms with Gasteiger partial charge in [0.15, 0.2) is 0 Å². The van der Waals surface area contributed by atoms with Crippen LogP contribution in [0.15, 0.2) is 23.1 Å². The molecule has 8 heteroatoms. The monoisotopic (exact) mass is 356 g/mol. The highest BCUT2D eigenvalue weighted by Crippen LogP contribution is 2.24. The fourth-order valence-corrected chi connectivity index (χ4v) is 3.77. The molecule has 0 heterocycles. The second-order valence-electron chi connectivity index (χ2n) is 5.71. The van der Waals surface area contributed by atoms with E-state index in [1.54, 1.807) is 0 Å². The quantitative estimate of drug-likeness (QED) is 0.685. The van der Waals surface area contributed by atoms with Crippen LogP contribution in [0.5, 0.6) is 5.75 Å². The molecule has 0 aromatic heterocycles. The van der Waals surface area contributed by atoms with E-state index < -0.39 is 10.0 Å². The van der Waals surface area contributed by atoms with Crippen molar-refractivity contribution < 1.29 is 22.7 Å². The molecule has 7 nitrogen and oxygen atoms in total. The Hall–Kier alpha value is -1.64. The molecule has 0 bridgehead atoms. The van der Waals surface area contributed by atoms with Gasteiger partial charge < -0.3 is 14.8 Å². The first-order valence-electron chi connectivity index (χ1n) is 7.95. The number of carbonyl (C=O) groups is 1. The second kappa shape index (κ2) is 8.46. The number of sulfonamides is 1. The van der Waals surface area contributed by atoms with E-state index in [9.17, 15) is 13.2 Å². The number of ether oxygens (including phenoxy) is 2. The first-order chi connectivity index (χ1) is 11.5. The molecule has 24 heavy (non-hydrogen) atoms. The molecule has 1 aliphatic rings. The van der Waals surface area contributed by atoms with Crippen molar-refractivity contribution in [2.75, 3.05) is 27.4 Å². The first kappa shape index (κ1) is 18.7. The minimum atomic E-state index is -3.71. The Morgan fingerprint density at radius 3 is 2.58 bits per heavy atom. The standard InChI is InChI=1S/C16H24N2O5S/c1-22-10-9-17-24(20,21)13-7-8-15(23-2)14(11-13)16(19)18-12-5-3-4-6-12/h7-8,11-12,17H,3-6,9-10H2,1-2H3,(H,18,19). The highest BCUT2D eigenvalue weighted by Gasteiger charge is 2.23. The lowest BCUT2D eigenvalue weighted by molar-refractivity contribution is 0.0934. The summed E-state index contributed by atoms with van der Waals surface area (Å²) in [5, 5.41) is 2.95. The molecule has 0 unspecified atom stereocenters. The van der Waals surface area contributed by atoms with Gasteiger partial charge in [0.25, 0.3) is 5.91 Å². The topological polar surface area (TPSA) is 93.7 Å². The normalized spacial score (nSPS) is 15.4. The zero-order chi connectivity index (χ0) is 17.6. The molecule has 0 radical (unpaired) electrons. The van der Waals surface area contributed by atoms with Crippen LogP contribution in [0.4, 0.5) is 0 Å². The third kappa shape index (κ3) is 4.68. The predicted octanol–water partition coefficient (Wildman–Crippen LogP) is 1.29. The highest BCUT2D eigenvalue weighted by molar-refractivity contribution is 7.89. The van der Waals surface area contributed by atoms with Crippen LogP contribution in [0, 0.1) is 0 Å². The molecule has 134 valence electrons. The maximum Gasteiger partial charge on any atom is 0.255 e. The van der Waals surface area contributed by atoms with Crippen LogP contribution < -0.4 is 14.8 Å². The van der Waals surface area contributed by atoms with Gasteiger partial charge in [-0.3, -0.25) is 4.79 Å². The summed E-state index contributed by atoms with van der Waals surface area (Å²) >= 11 is 0. The summed E-state index contributed by atoms with van der Waals surface area (Å²) in [6.07, 6.45) is 4.09. The van der Waals surface area contributed by atoms with Gasteiger partial charge >= 0.3 is 0 Å². The van der Waals surface area contributed by atoms with E-state index >= 15 is 0 Å². The molecule has 0 aliphatic heterocycles. The lowest BCUT2D eigenvalue weighted by Gasteiger charge is -2.15. The zero-order valence-corrected chi connectivity index (χ0v) is 14.8. The van der Waals surface area contributed by atoms with Gasteiger partial charge in [-0.1, -0.05) is 12.8 Å². The van der Waals surface area contributed by atoms with Crippen LogP contribution in [0.2, 0.25) is 0 Å². The molecule has 0 atom stereocenters. The number of methoxy groups -OCH3 is 2. The van der Waals surface area contributed by atoms with E-state index in [2.05, 4.69) is 10.0 Å². The molecular weight excluding hydrogens is 332 g/mol. The molecule has 2 N–H and O–H groups in total. The predicted molar refractivity (Wildman–Crippen MR) is 89.8 cm³/mol. The van der Waals surface area contributed by atoms with Gasteiger partial charge in [0.05, 0.1) is 24.2 Å². The maximum absolute atomic E-state index is 12.5. The van der Waals surface area contributed by atoms with Crippen molar-refractivity contribution in [2.24, 2.45) is 0 Å². The van der Waals surface area contributed by atoms with Crippen molar-refractivity contribution >= 4 is 15.9 Å². The number of hydrogen-bond donors (Lipinski definition) is 2. The Labute approximate surface area is 142 Å². The molecule has 1 aliphatic carbocycles. The van der Waals surface area contributed by atoms with E-state index in [1.165, 1.54) is 32.4 Å². The Balaban J connectivity index is 2.21. The fourth-order valence-electron chi connectivity index (χ4n) is 2.73. The van der Waals surface area contributed by atoms with E-state index in [1.807, 2.05) is 0 Å². The molecule has 2 rings (SSSR count). The summed E-state index contributed by atoms with van der Waals surface area (Å²) in [7, 11) is -0.762. The number of nitrogens with one attached hydrogen (secondary N) is 2. The lowest BCUT2D eigenvalue weighted by atomic mass is 10.1. The summed E-state index contributed by atoms with van der Waals surface area (Å²) in [5.74, 6) is 0.0361. The number of carbonyl (C=O) groups excluding carboxylic acids is 1. The van der Waals surface area contributed by atoms with Gasteiger partial charge in [-0.2, -0.15) is 0 Å². The average Bonchev–Trinajstić information content (AvgIpc) is 3.07. The number of hydrogen-bond acceptors (Lipinski definition) is 5. The SMILES string of the molecule is COCCNS(=O)(=O)c1ccc(OC)c(C(=O)NC2CCCC2)c1. The van der Waals surface area contributed by atoms with Gasteiger partial charge in [-0.15, -0.1) is 0 Å². The average molecular weight is 356 g/mol. The van der Waals surface area contributed by atoms with E-state index in [4.69, 9.17) is 9.47 Å². The smallest absolute Gasteiger partial charge is 0.255 e. The van der Waals surface area contributed by atoms with Crippen LogP contribution >= 0.6 is 0 Å². The minimum absolute atomic E-state index is 0.0241.